The van der Waals surface area contributed by atoms with Crippen LogP contribution in [0.4, 0.5) is 0 Å². The number of furan rings is 1. The first kappa shape index (κ1) is 20.0. The number of benzene rings is 2. The zero-order valence-electron chi connectivity index (χ0n) is 16.6. The lowest BCUT2D eigenvalue weighted by molar-refractivity contribution is 0.0596. The highest BCUT2D eigenvalue weighted by atomic mass is 32.2. The summed E-state index contributed by atoms with van der Waals surface area (Å²) in [6.07, 6.45) is -1.36. The number of hydrogen-bond acceptors (Lipinski definition) is 5. The van der Waals surface area contributed by atoms with Crippen LogP contribution < -0.4 is 0 Å². The molecular weight excluding hydrogens is 402 g/mol. The van der Waals surface area contributed by atoms with Gasteiger partial charge >= 0.3 is 5.97 Å². The van der Waals surface area contributed by atoms with Crippen molar-refractivity contribution in [3.8, 4) is 0 Å². The third-order valence-electron chi connectivity index (χ3n) is 4.95. The number of nitrogens with zero attached hydrogens (tertiary/aromatic N) is 1. The molecule has 1 N–H and O–H groups in total. The Morgan fingerprint density at radius 3 is 2.40 bits per heavy atom. The summed E-state index contributed by atoms with van der Waals surface area (Å²) < 4.78 is 26.1. The maximum atomic E-state index is 14.0. The van der Waals surface area contributed by atoms with Crippen LogP contribution in [0, 0.1) is 6.92 Å². The van der Waals surface area contributed by atoms with E-state index < -0.39 is 21.8 Å². The predicted octanol–water partition coefficient (Wildman–Crippen LogP) is 3.95. The van der Waals surface area contributed by atoms with Gasteiger partial charge in [0.25, 0.3) is 0 Å². The Kier molecular flexibility index (Phi) is 5.01. The molecule has 2 atom stereocenters. The van der Waals surface area contributed by atoms with E-state index in [1.807, 2.05) is 6.07 Å². The SMILES string of the molecule is C=S(=O)(c1ccccc1)n1c(C(O)c2ccc(C)o2)c(C(=O)OC)c2ccccc21. The summed E-state index contributed by atoms with van der Waals surface area (Å²) in [4.78, 5) is 13.2. The Balaban J connectivity index is 2.12. The van der Waals surface area contributed by atoms with Crippen LogP contribution in [0.25, 0.3) is 10.9 Å². The van der Waals surface area contributed by atoms with Crippen molar-refractivity contribution >= 4 is 32.5 Å². The average Bonchev–Trinajstić information content (AvgIpc) is 3.35. The fourth-order valence-corrected chi connectivity index (χ4v) is 5.37. The van der Waals surface area contributed by atoms with Gasteiger partial charge in [0.05, 0.1) is 33.6 Å². The number of aliphatic hydroxyl groups is 1. The highest BCUT2D eigenvalue weighted by molar-refractivity contribution is 7.99. The second-order valence-electron chi connectivity index (χ2n) is 6.87. The number of fused-ring (bicyclic) bond motifs is 1. The zero-order valence-corrected chi connectivity index (χ0v) is 17.4. The third-order valence-corrected chi connectivity index (χ3v) is 6.94. The highest BCUT2D eigenvalue weighted by Gasteiger charge is 2.33. The lowest BCUT2D eigenvalue weighted by atomic mass is 10.1. The Morgan fingerprint density at radius 2 is 1.77 bits per heavy atom. The van der Waals surface area contributed by atoms with Crippen LogP contribution in [-0.2, 0) is 14.4 Å². The molecule has 2 aromatic carbocycles. The van der Waals surface area contributed by atoms with Crippen LogP contribution >= 0.6 is 0 Å². The lowest BCUT2D eigenvalue weighted by Crippen LogP contribution is -2.20. The van der Waals surface area contributed by atoms with Gasteiger partial charge in [0.15, 0.2) is 6.10 Å². The first-order chi connectivity index (χ1) is 14.4. The van der Waals surface area contributed by atoms with E-state index in [1.54, 1.807) is 67.6 Å². The zero-order chi connectivity index (χ0) is 21.5. The van der Waals surface area contributed by atoms with Crippen molar-refractivity contribution in [3.05, 3.63) is 89.5 Å². The molecule has 4 rings (SSSR count). The molecule has 154 valence electrons. The number of hydrogen-bond donors (Lipinski definition) is 1. The molecule has 0 bridgehead atoms. The number of para-hydroxylation sites is 1. The van der Waals surface area contributed by atoms with Crippen LogP contribution in [0.3, 0.4) is 0 Å². The minimum absolute atomic E-state index is 0.112. The van der Waals surface area contributed by atoms with E-state index in [4.69, 9.17) is 9.15 Å². The second-order valence-corrected chi connectivity index (χ2v) is 8.99. The molecule has 4 aromatic rings. The van der Waals surface area contributed by atoms with Crippen LogP contribution in [0.5, 0.6) is 0 Å². The van der Waals surface area contributed by atoms with Gasteiger partial charge in [-0.1, -0.05) is 36.4 Å². The van der Waals surface area contributed by atoms with Crippen LogP contribution in [0.15, 0.2) is 76.0 Å². The number of aromatic nitrogens is 1. The summed E-state index contributed by atoms with van der Waals surface area (Å²) in [5.41, 5.74) is 0.738. The van der Waals surface area contributed by atoms with Crippen molar-refractivity contribution < 1.29 is 23.3 Å². The fourth-order valence-electron chi connectivity index (χ4n) is 3.59. The van der Waals surface area contributed by atoms with E-state index in [9.17, 15) is 14.1 Å². The van der Waals surface area contributed by atoms with Crippen molar-refractivity contribution in [2.24, 2.45) is 0 Å². The van der Waals surface area contributed by atoms with E-state index in [1.165, 1.54) is 11.1 Å². The molecule has 0 aliphatic rings. The minimum Gasteiger partial charge on any atom is -0.465 e. The van der Waals surface area contributed by atoms with E-state index >= 15 is 0 Å². The molecule has 0 saturated carbocycles. The first-order valence-electron chi connectivity index (χ1n) is 9.25. The maximum absolute atomic E-state index is 14.0. The minimum atomic E-state index is -3.16. The third kappa shape index (κ3) is 3.12. The Hall–Kier alpha value is -3.29. The molecule has 6 nitrogen and oxygen atoms in total. The Labute approximate surface area is 174 Å². The molecule has 2 unspecified atom stereocenters. The second kappa shape index (κ2) is 7.51. The number of aliphatic hydroxyl groups excluding tert-OH is 1. The van der Waals surface area contributed by atoms with Crippen molar-refractivity contribution in [2.75, 3.05) is 7.11 Å². The number of ether oxygens (including phenoxy) is 1. The average molecular weight is 423 g/mol. The molecule has 0 spiro atoms. The predicted molar refractivity (Wildman–Crippen MR) is 116 cm³/mol. The van der Waals surface area contributed by atoms with Crippen LogP contribution in [0.1, 0.15) is 33.7 Å². The summed E-state index contributed by atoms with van der Waals surface area (Å²) in [7, 11) is -1.89. The molecule has 0 aliphatic carbocycles. The quantitative estimate of drug-likeness (QED) is 0.388. The fraction of sp³-hybridized carbons (Fsp3) is 0.130. The van der Waals surface area contributed by atoms with Gasteiger partial charge in [-0.25, -0.2) is 9.00 Å². The van der Waals surface area contributed by atoms with E-state index in [0.717, 1.165) is 0 Å². The molecule has 0 saturated heterocycles. The summed E-state index contributed by atoms with van der Waals surface area (Å²) in [5, 5.41) is 11.8. The van der Waals surface area contributed by atoms with Gasteiger partial charge in [-0.3, -0.25) is 3.97 Å². The molecule has 0 aliphatic heterocycles. The van der Waals surface area contributed by atoms with Crippen molar-refractivity contribution in [1.82, 2.24) is 3.97 Å². The number of methoxy groups -OCH3 is 1. The molecule has 7 heteroatoms. The monoisotopic (exact) mass is 423 g/mol. The molecular formula is C23H21NO5S. The largest absolute Gasteiger partial charge is 0.465 e. The Morgan fingerprint density at radius 1 is 1.10 bits per heavy atom. The lowest BCUT2D eigenvalue weighted by Gasteiger charge is -2.19. The first-order valence-corrected chi connectivity index (χ1v) is 10.9. The standard InChI is InChI=1S/C23H21NO5S/c1-15-13-14-19(29-15)22(25)21-20(23(26)28-2)17-11-7-8-12-18(17)24(21)30(3,27)16-9-5-4-6-10-16/h4-14,22,25H,3H2,1-2H3. The number of aryl methyl sites for hydroxylation is 1. The van der Waals surface area contributed by atoms with Gasteiger partial charge in [0, 0.05) is 10.3 Å². The summed E-state index contributed by atoms with van der Waals surface area (Å²) in [6, 6.07) is 19.1. The molecule has 0 amide bonds. The molecule has 0 radical (unpaired) electrons. The van der Waals surface area contributed by atoms with Gasteiger partial charge in [-0.05, 0) is 43.1 Å². The van der Waals surface area contributed by atoms with E-state index in [-0.39, 0.29) is 17.0 Å². The molecule has 30 heavy (non-hydrogen) atoms. The van der Waals surface area contributed by atoms with E-state index in [2.05, 4.69) is 5.87 Å². The normalized spacial score (nSPS) is 14.4. The summed E-state index contributed by atoms with van der Waals surface area (Å²) in [5.74, 6) is 4.18. The van der Waals surface area contributed by atoms with Gasteiger partial charge in [-0.15, -0.1) is 0 Å². The van der Waals surface area contributed by atoms with Crippen molar-refractivity contribution in [3.63, 3.8) is 0 Å². The highest BCUT2D eigenvalue weighted by Crippen LogP contribution is 2.37. The maximum Gasteiger partial charge on any atom is 0.340 e. The van der Waals surface area contributed by atoms with Crippen LogP contribution in [-0.4, -0.2) is 32.2 Å². The van der Waals surface area contributed by atoms with Gasteiger partial charge in [0.1, 0.15) is 11.5 Å². The number of rotatable bonds is 5. The molecule has 2 aromatic heterocycles. The van der Waals surface area contributed by atoms with Crippen LogP contribution in [0.2, 0.25) is 0 Å². The topological polar surface area (TPSA) is 81.7 Å². The summed E-state index contributed by atoms with van der Waals surface area (Å²) in [6.45, 7) is 1.75. The molecule has 0 fully saturated rings. The van der Waals surface area contributed by atoms with Gasteiger partial charge < -0.3 is 14.3 Å². The van der Waals surface area contributed by atoms with Gasteiger partial charge in [0.2, 0.25) is 0 Å². The van der Waals surface area contributed by atoms with Gasteiger partial charge in [-0.2, -0.15) is 0 Å². The van der Waals surface area contributed by atoms with Crippen molar-refractivity contribution in [2.45, 2.75) is 17.9 Å². The smallest absolute Gasteiger partial charge is 0.340 e. The number of carbonyl (C=O) groups excluding carboxylic acids is 1. The number of carbonyl (C=O) groups is 1. The number of esters is 1. The Bertz CT molecular complexity index is 1330. The van der Waals surface area contributed by atoms with E-state index in [0.29, 0.717) is 21.6 Å². The summed E-state index contributed by atoms with van der Waals surface area (Å²) >= 11 is 0. The van der Waals surface area contributed by atoms with Crippen molar-refractivity contribution in [1.29, 1.82) is 0 Å². The molecule has 2 heterocycles.